The van der Waals surface area contributed by atoms with Crippen LogP contribution in [0.3, 0.4) is 0 Å². The second-order valence-electron chi connectivity index (χ2n) is 6.73. The van der Waals surface area contributed by atoms with Crippen LogP contribution in [0.2, 0.25) is 0 Å². The van der Waals surface area contributed by atoms with Gasteiger partial charge in [0.25, 0.3) is 0 Å². The van der Waals surface area contributed by atoms with Gasteiger partial charge in [0.1, 0.15) is 6.61 Å². The Morgan fingerprint density at radius 2 is 1.94 bits per heavy atom. The van der Waals surface area contributed by atoms with Gasteiger partial charge >= 0.3 is 6.03 Å². The molecule has 0 aliphatic rings. The molecule has 0 aliphatic heterocycles. The number of anilines is 1. The van der Waals surface area contributed by atoms with Crippen molar-refractivity contribution in [3.8, 4) is 17.6 Å². The van der Waals surface area contributed by atoms with E-state index >= 15 is 0 Å². The average molecular weight is 540 g/mol. The third kappa shape index (κ3) is 5.98. The van der Waals surface area contributed by atoms with Crippen LogP contribution in [0.25, 0.3) is 0 Å². The summed E-state index contributed by atoms with van der Waals surface area (Å²) < 4.78 is 12.2. The summed E-state index contributed by atoms with van der Waals surface area (Å²) in [6, 6.07) is 20.1. The zero-order chi connectivity index (χ0) is 22.9. The molecule has 0 atom stereocenters. The first-order valence-corrected chi connectivity index (χ1v) is 10.7. The van der Waals surface area contributed by atoms with Crippen molar-refractivity contribution in [3.63, 3.8) is 0 Å². The van der Waals surface area contributed by atoms with Crippen LogP contribution in [0.5, 0.6) is 11.5 Å². The molecule has 0 fully saturated rings. The molecule has 0 aliphatic carbocycles. The summed E-state index contributed by atoms with van der Waals surface area (Å²) in [5.41, 5.74) is 6.22. The van der Waals surface area contributed by atoms with Gasteiger partial charge in [-0.3, -0.25) is 0 Å². The standard InChI is InChI=1S/C24H21IN4O3/c1-16-7-3-6-10-21(16)28-24(30)29-27-14-17-11-20(25)23(22(12-17)31-2)32-15-19-9-5-4-8-18(19)13-26/h3-12,14H,15H2,1-2H3,(H2,28,29,30). The van der Waals surface area contributed by atoms with Gasteiger partial charge in [-0.05, 0) is 64.9 Å². The maximum absolute atomic E-state index is 12.1. The van der Waals surface area contributed by atoms with Crippen molar-refractivity contribution in [1.82, 2.24) is 5.43 Å². The number of nitrogens with zero attached hydrogens (tertiary/aromatic N) is 2. The summed E-state index contributed by atoms with van der Waals surface area (Å²) in [6.45, 7) is 2.15. The summed E-state index contributed by atoms with van der Waals surface area (Å²) in [5.74, 6) is 1.10. The number of carbonyl (C=O) groups excluding carboxylic acids is 1. The van der Waals surface area contributed by atoms with E-state index in [1.807, 2.05) is 55.5 Å². The minimum atomic E-state index is -0.437. The number of nitrogens with one attached hydrogen (secondary N) is 2. The van der Waals surface area contributed by atoms with Gasteiger partial charge < -0.3 is 14.8 Å². The van der Waals surface area contributed by atoms with Crippen LogP contribution in [-0.4, -0.2) is 19.4 Å². The summed E-state index contributed by atoms with van der Waals surface area (Å²) in [7, 11) is 1.55. The van der Waals surface area contributed by atoms with E-state index in [1.54, 1.807) is 19.2 Å². The van der Waals surface area contributed by atoms with Gasteiger partial charge in [0.05, 0.1) is 28.5 Å². The van der Waals surface area contributed by atoms with Gasteiger partial charge in [-0.15, -0.1) is 0 Å². The van der Waals surface area contributed by atoms with E-state index in [0.29, 0.717) is 17.1 Å². The number of aryl methyl sites for hydroxylation is 1. The number of urea groups is 1. The van der Waals surface area contributed by atoms with Gasteiger partial charge in [0.15, 0.2) is 11.5 Å². The minimum Gasteiger partial charge on any atom is -0.493 e. The molecule has 0 saturated carbocycles. The second kappa shape index (κ2) is 11.2. The Hall–Kier alpha value is -3.58. The van der Waals surface area contributed by atoms with Crippen molar-refractivity contribution in [2.75, 3.05) is 12.4 Å². The monoisotopic (exact) mass is 540 g/mol. The summed E-state index contributed by atoms with van der Waals surface area (Å²) in [6.07, 6.45) is 1.52. The number of ether oxygens (including phenoxy) is 2. The Morgan fingerprint density at radius 1 is 1.19 bits per heavy atom. The van der Waals surface area contributed by atoms with Crippen molar-refractivity contribution < 1.29 is 14.3 Å². The van der Waals surface area contributed by atoms with Crippen LogP contribution >= 0.6 is 22.6 Å². The number of methoxy groups -OCH3 is 1. The molecule has 2 N–H and O–H groups in total. The zero-order valence-electron chi connectivity index (χ0n) is 17.6. The number of nitriles is 1. The maximum atomic E-state index is 12.1. The highest BCUT2D eigenvalue weighted by Gasteiger charge is 2.12. The fraction of sp³-hybridized carbons (Fsp3) is 0.125. The van der Waals surface area contributed by atoms with E-state index in [-0.39, 0.29) is 6.61 Å². The van der Waals surface area contributed by atoms with E-state index in [1.165, 1.54) is 6.21 Å². The number of amides is 2. The van der Waals surface area contributed by atoms with Gasteiger partial charge in [-0.25, -0.2) is 10.2 Å². The molecular formula is C24H21IN4O3. The van der Waals surface area contributed by atoms with Crippen molar-refractivity contribution in [2.24, 2.45) is 5.10 Å². The quantitative estimate of drug-likeness (QED) is 0.244. The molecule has 32 heavy (non-hydrogen) atoms. The van der Waals surface area contributed by atoms with Gasteiger partial charge in [-0.1, -0.05) is 36.4 Å². The summed E-state index contributed by atoms with van der Waals surface area (Å²) in [4.78, 5) is 12.1. The molecule has 3 aromatic rings. The lowest BCUT2D eigenvalue weighted by molar-refractivity contribution is 0.252. The molecule has 7 nitrogen and oxygen atoms in total. The minimum absolute atomic E-state index is 0.240. The Morgan fingerprint density at radius 3 is 2.69 bits per heavy atom. The van der Waals surface area contributed by atoms with E-state index in [4.69, 9.17) is 9.47 Å². The number of carbonyl (C=O) groups is 1. The Kier molecular flexibility index (Phi) is 8.05. The van der Waals surface area contributed by atoms with Crippen molar-refractivity contribution in [1.29, 1.82) is 5.26 Å². The zero-order valence-corrected chi connectivity index (χ0v) is 19.7. The molecule has 0 aromatic heterocycles. The normalized spacial score (nSPS) is 10.4. The molecule has 0 spiro atoms. The highest BCUT2D eigenvalue weighted by Crippen LogP contribution is 2.34. The molecule has 8 heteroatoms. The van der Waals surface area contributed by atoms with Crippen molar-refractivity contribution in [2.45, 2.75) is 13.5 Å². The van der Waals surface area contributed by atoms with Gasteiger partial charge in [0.2, 0.25) is 0 Å². The van der Waals surface area contributed by atoms with E-state index in [0.717, 1.165) is 25.9 Å². The van der Waals surface area contributed by atoms with Crippen LogP contribution in [0.1, 0.15) is 22.3 Å². The van der Waals surface area contributed by atoms with Crippen LogP contribution in [0, 0.1) is 21.8 Å². The third-order valence-electron chi connectivity index (χ3n) is 4.53. The Bertz CT molecular complexity index is 1190. The fourth-order valence-corrected chi connectivity index (χ4v) is 3.67. The number of halogens is 1. The maximum Gasteiger partial charge on any atom is 0.339 e. The average Bonchev–Trinajstić information content (AvgIpc) is 2.79. The number of rotatable bonds is 7. The number of hydrazone groups is 1. The lowest BCUT2D eigenvalue weighted by Crippen LogP contribution is -2.24. The van der Waals surface area contributed by atoms with Crippen LogP contribution < -0.4 is 20.2 Å². The first-order valence-electron chi connectivity index (χ1n) is 9.66. The van der Waals surface area contributed by atoms with Crippen LogP contribution in [0.4, 0.5) is 10.5 Å². The van der Waals surface area contributed by atoms with Crippen LogP contribution in [-0.2, 0) is 6.61 Å². The number of benzene rings is 3. The Balaban J connectivity index is 1.67. The molecule has 162 valence electrons. The molecule has 0 unspecified atom stereocenters. The SMILES string of the molecule is COc1cc(C=NNC(=O)Nc2ccccc2C)cc(I)c1OCc1ccccc1C#N. The molecule has 0 saturated heterocycles. The summed E-state index contributed by atoms with van der Waals surface area (Å²) in [5, 5.41) is 16.0. The number of hydrogen-bond donors (Lipinski definition) is 2. The molecule has 0 bridgehead atoms. The molecule has 2 amide bonds. The molecule has 3 aromatic carbocycles. The van der Waals surface area contributed by atoms with Crippen molar-refractivity contribution >= 4 is 40.5 Å². The van der Waals surface area contributed by atoms with E-state index < -0.39 is 6.03 Å². The van der Waals surface area contributed by atoms with Gasteiger partial charge in [-0.2, -0.15) is 10.4 Å². The first kappa shape index (κ1) is 23.1. The topological polar surface area (TPSA) is 95.7 Å². The van der Waals surface area contributed by atoms with Crippen LogP contribution in [0.15, 0.2) is 65.8 Å². The highest BCUT2D eigenvalue weighted by atomic mass is 127. The highest BCUT2D eigenvalue weighted by molar-refractivity contribution is 14.1. The first-order chi connectivity index (χ1) is 15.5. The molecule has 0 radical (unpaired) electrons. The van der Waals surface area contributed by atoms with E-state index in [2.05, 4.69) is 44.5 Å². The fourth-order valence-electron chi connectivity index (χ4n) is 2.89. The number of hydrogen-bond acceptors (Lipinski definition) is 5. The van der Waals surface area contributed by atoms with Crippen molar-refractivity contribution in [3.05, 3.63) is 86.5 Å². The largest absolute Gasteiger partial charge is 0.493 e. The van der Waals surface area contributed by atoms with Gasteiger partial charge in [0, 0.05) is 11.3 Å². The number of para-hydroxylation sites is 1. The summed E-state index contributed by atoms with van der Waals surface area (Å²) >= 11 is 2.15. The smallest absolute Gasteiger partial charge is 0.339 e. The third-order valence-corrected chi connectivity index (χ3v) is 5.34. The molecule has 3 rings (SSSR count). The predicted molar refractivity (Wildman–Crippen MR) is 132 cm³/mol. The predicted octanol–water partition coefficient (Wildman–Crippen LogP) is 5.21. The molecular weight excluding hydrogens is 519 g/mol. The molecule has 0 heterocycles. The lowest BCUT2D eigenvalue weighted by Gasteiger charge is -2.14. The second-order valence-corrected chi connectivity index (χ2v) is 7.89. The Labute approximate surface area is 200 Å². The van der Waals surface area contributed by atoms with E-state index in [9.17, 15) is 10.1 Å². The lowest BCUT2D eigenvalue weighted by atomic mass is 10.1.